The SMILES string of the molecule is C1CCOC1.C1COCCN1.COC(=O)c1ccc(CBr)c(OC)c1.COC(=O)c1ccc(CN2CCOCC2)c(OC)c1.COc1cc(C(=O)O)ccc1CN1CCOCC1.COc1ccc(C(=O)Nc2cccc(-c3nc4ncccc4o3)c2)cc1CN1CCOCC1.Nc1cccc(-c2nc3ncccc3o2)c1.[Li+].[OH-]. The van der Waals surface area contributed by atoms with Crippen molar-refractivity contribution in [2.24, 2.45) is 0 Å². The monoisotopic (exact) mass is 1610 g/mol. The Morgan fingerprint density at radius 2 is 0.903 bits per heavy atom. The molecule has 0 radical (unpaired) electrons. The first-order chi connectivity index (χ1) is 54.2. The summed E-state index contributed by atoms with van der Waals surface area (Å²) in [5.41, 5.74) is 17.0. The topological polar surface area (TPSA) is 358 Å². The zero-order chi connectivity index (χ0) is 78.5. The van der Waals surface area contributed by atoms with Crippen molar-refractivity contribution in [3.8, 4) is 45.9 Å². The number of carbonyl (C=O) groups is 4. The van der Waals surface area contributed by atoms with Crippen molar-refractivity contribution in [1.82, 2.24) is 40.0 Å². The van der Waals surface area contributed by atoms with Crippen LogP contribution in [0.4, 0.5) is 11.4 Å². The van der Waals surface area contributed by atoms with Crippen LogP contribution >= 0.6 is 15.9 Å². The van der Waals surface area contributed by atoms with E-state index < -0.39 is 5.97 Å². The zero-order valence-electron chi connectivity index (χ0n) is 64.9. The number of aromatic carboxylic acids is 1. The third-order valence-corrected chi connectivity index (χ3v) is 18.2. The summed E-state index contributed by atoms with van der Waals surface area (Å²) in [5, 5.41) is 15.8. The van der Waals surface area contributed by atoms with Crippen LogP contribution in [-0.4, -0.2) is 230 Å². The van der Waals surface area contributed by atoms with E-state index in [0.717, 1.165) is 176 Å². The Hall–Kier alpha value is -9.88. The van der Waals surface area contributed by atoms with Gasteiger partial charge in [0.2, 0.25) is 11.8 Å². The number of hydrogen-bond acceptors (Lipinski definition) is 27. The molecule has 0 atom stereocenters. The second-order valence-corrected chi connectivity index (χ2v) is 25.8. The molecule has 10 aromatic rings. The molecule has 0 aliphatic carbocycles. The van der Waals surface area contributed by atoms with Gasteiger partial charge in [0.25, 0.3) is 5.91 Å². The number of pyridine rings is 2. The quantitative estimate of drug-likeness (QED) is 0.0270. The third kappa shape index (κ3) is 28.6. The Bertz CT molecular complexity index is 4480. The third-order valence-electron chi connectivity index (χ3n) is 17.6. The van der Waals surface area contributed by atoms with Gasteiger partial charge in [-0.15, -0.1) is 0 Å². The number of nitrogens with zero attached hydrogens (tertiary/aromatic N) is 7. The van der Waals surface area contributed by atoms with Crippen molar-refractivity contribution in [3.05, 3.63) is 202 Å². The molecule has 0 bridgehead atoms. The van der Waals surface area contributed by atoms with Crippen LogP contribution in [0.25, 0.3) is 45.4 Å². The van der Waals surface area contributed by atoms with Gasteiger partial charge in [-0.3, -0.25) is 19.5 Å². The van der Waals surface area contributed by atoms with E-state index in [0.29, 0.717) is 85.7 Å². The number of fused-ring (bicyclic) bond motifs is 2. The van der Waals surface area contributed by atoms with Crippen molar-refractivity contribution in [1.29, 1.82) is 0 Å². The van der Waals surface area contributed by atoms with Crippen LogP contribution in [0.1, 0.15) is 76.5 Å². The molecule has 5 fully saturated rings. The minimum atomic E-state index is -0.939. The van der Waals surface area contributed by atoms with Gasteiger partial charge in [-0.05, 0) is 128 Å². The van der Waals surface area contributed by atoms with Crippen LogP contribution in [0.15, 0.2) is 167 Å². The number of rotatable bonds is 18. The number of benzene rings is 6. The molecular formula is C82H98BrLiN10O19. The van der Waals surface area contributed by atoms with E-state index in [2.05, 4.69) is 65.9 Å². The summed E-state index contributed by atoms with van der Waals surface area (Å²) < 4.78 is 67.9. The number of carboxylic acids is 1. The van der Waals surface area contributed by atoms with Gasteiger partial charge in [0.15, 0.2) is 22.5 Å². The molecule has 6 N–H and O–H groups in total. The average molecular weight is 1610 g/mol. The standard InChI is InChI=1S/C25H24N4O4.C14H19NO4.C13H17NO4.C12H9N3O.C10H11BrO3.C4H9NO.C4H8O.Li.H2O/c1-31-21-8-7-17(14-19(21)16-29-10-12-32-13-11-29)24(30)27-20-5-2-4-18(15-20)25-28-23-22(33-25)6-3-9-26-23;1-17-13-9-11(14(16)18-2)3-4-12(13)10-15-5-7-19-8-6-15;1-17-12-8-10(13(15)16)2-3-11(12)9-14-4-6-18-7-5-14;13-9-4-1-3-8(7-9)12-15-11-10(16-12)5-2-6-14-11;1-13-9-5-7(10(12)14-2)3-4-8(9)6-11;1-3-6-4-2-5-1;1-2-4-5-3-1;;/h2-9,14-15H,10-13,16H2,1H3,(H,27,30);3-4,9H,5-8,10H2,1-2H3;2-3,8H,4-7,9H2,1H3,(H,15,16);1-7H,13H2;3-5H,6H2,1-2H3;5H,1-4H2;1-4H2;;1H2/q;;;;;;;+1;/p-1. The van der Waals surface area contributed by atoms with Gasteiger partial charge in [-0.25, -0.2) is 24.4 Å². The Balaban J connectivity index is 0.000000194. The number of carboxylic acid groups (broad SMARTS) is 1. The molecule has 0 saturated carbocycles. The first kappa shape index (κ1) is 90.3. The van der Waals surface area contributed by atoms with E-state index in [9.17, 15) is 19.2 Å². The van der Waals surface area contributed by atoms with E-state index in [1.165, 1.54) is 27.1 Å². The van der Waals surface area contributed by atoms with Crippen LogP contribution in [0, 0.1) is 0 Å². The Morgan fingerprint density at radius 3 is 1.32 bits per heavy atom. The van der Waals surface area contributed by atoms with Crippen LogP contribution in [0.3, 0.4) is 0 Å². The second kappa shape index (κ2) is 48.9. The maximum absolute atomic E-state index is 13.0. The molecule has 0 unspecified atom stereocenters. The van der Waals surface area contributed by atoms with Gasteiger partial charge in [-0.1, -0.05) is 46.3 Å². The van der Waals surface area contributed by atoms with Crippen molar-refractivity contribution >= 4 is 73.6 Å². The van der Waals surface area contributed by atoms with Gasteiger partial charge in [0.05, 0.1) is 112 Å². The molecule has 15 rings (SSSR count). The number of esters is 2. The number of oxazole rings is 2. The molecule has 113 heavy (non-hydrogen) atoms. The summed E-state index contributed by atoms with van der Waals surface area (Å²) in [6.45, 7) is 17.9. The number of halogens is 1. The van der Waals surface area contributed by atoms with Gasteiger partial charge in [0.1, 0.15) is 23.0 Å². The predicted octanol–water partition coefficient (Wildman–Crippen LogP) is 8.60. The minimum Gasteiger partial charge on any atom is -0.870 e. The van der Waals surface area contributed by atoms with Crippen molar-refractivity contribution in [3.63, 3.8) is 0 Å². The largest absolute Gasteiger partial charge is 1.00 e. The van der Waals surface area contributed by atoms with E-state index in [1.54, 1.807) is 89.4 Å². The molecular weight excluding hydrogens is 1520 g/mol. The number of nitrogens with two attached hydrogens (primary N) is 1. The Morgan fingerprint density at radius 1 is 0.478 bits per heavy atom. The maximum Gasteiger partial charge on any atom is 1.00 e. The fourth-order valence-corrected chi connectivity index (χ4v) is 12.2. The number of amides is 1. The van der Waals surface area contributed by atoms with Crippen LogP contribution in [-0.2, 0) is 58.1 Å². The van der Waals surface area contributed by atoms with Gasteiger partial charge in [-0.2, -0.15) is 9.97 Å². The summed E-state index contributed by atoms with van der Waals surface area (Å²) >= 11 is 3.33. The molecule has 29 nitrogen and oxygen atoms in total. The molecule has 9 heterocycles. The van der Waals surface area contributed by atoms with Crippen molar-refractivity contribution < 1.29 is 110 Å². The number of ether oxygens (including phenoxy) is 11. The number of nitrogen functional groups attached to an aromatic ring is 1. The number of carbonyl (C=O) groups excluding carboxylic acids is 3. The molecule has 1 amide bonds. The first-order valence-corrected chi connectivity index (χ1v) is 37.4. The summed E-state index contributed by atoms with van der Waals surface area (Å²) in [6, 6.07) is 43.2. The van der Waals surface area contributed by atoms with Gasteiger partial charge < -0.3 is 87.9 Å². The summed E-state index contributed by atoms with van der Waals surface area (Å²) in [4.78, 5) is 70.5. The van der Waals surface area contributed by atoms with Crippen LogP contribution in [0.2, 0.25) is 0 Å². The van der Waals surface area contributed by atoms with Crippen LogP contribution < -0.4 is 54.2 Å². The minimum absolute atomic E-state index is 0. The van der Waals surface area contributed by atoms with E-state index in [-0.39, 0.29) is 47.7 Å². The fraction of sp³-hybridized carbons (Fsp3) is 0.366. The van der Waals surface area contributed by atoms with Crippen molar-refractivity contribution in [2.45, 2.75) is 37.8 Å². The van der Waals surface area contributed by atoms with E-state index in [4.69, 9.17) is 67.0 Å². The molecule has 31 heteroatoms. The zero-order valence-corrected chi connectivity index (χ0v) is 66.5. The molecule has 6 aromatic carbocycles. The molecule has 5 aliphatic rings. The smallest absolute Gasteiger partial charge is 0.870 e. The number of hydrogen-bond donors (Lipinski definition) is 4. The summed E-state index contributed by atoms with van der Waals surface area (Å²) in [5.74, 6) is 1.95. The molecule has 0 spiro atoms. The molecule has 598 valence electrons. The van der Waals surface area contributed by atoms with E-state index in [1.807, 2.05) is 97.1 Å². The Labute approximate surface area is 677 Å². The van der Waals surface area contributed by atoms with Gasteiger partial charge >= 0.3 is 36.8 Å². The number of morpholine rings is 4. The Kier molecular flexibility index (Phi) is 39.1. The predicted molar refractivity (Wildman–Crippen MR) is 425 cm³/mol. The number of nitrogens with one attached hydrogen (secondary N) is 2. The number of alkyl halides is 1. The van der Waals surface area contributed by atoms with Crippen molar-refractivity contribution in [2.75, 3.05) is 172 Å². The molecule has 5 saturated heterocycles. The summed E-state index contributed by atoms with van der Waals surface area (Å²) in [7, 11) is 9.11. The number of anilines is 2. The van der Waals surface area contributed by atoms with Gasteiger partial charge in [0, 0.05) is 153 Å². The summed E-state index contributed by atoms with van der Waals surface area (Å²) in [6.07, 6.45) is 5.92. The van der Waals surface area contributed by atoms with E-state index >= 15 is 0 Å². The second-order valence-electron chi connectivity index (χ2n) is 25.2. The first-order valence-electron chi connectivity index (χ1n) is 36.3. The maximum atomic E-state index is 13.0. The number of methoxy groups -OCH3 is 6. The number of aromatic nitrogens is 4. The molecule has 4 aromatic heterocycles. The average Bonchev–Trinajstić information content (AvgIpc) is 1.69. The van der Waals surface area contributed by atoms with Crippen LogP contribution in [0.5, 0.6) is 23.0 Å². The fourth-order valence-electron chi connectivity index (χ4n) is 11.7. The normalized spacial score (nSPS) is 14.6. The molecule has 5 aliphatic heterocycles.